The van der Waals surface area contributed by atoms with Gasteiger partial charge in [-0.1, -0.05) is 12.1 Å². The molecular formula is C19H29N3O4. The zero-order valence-corrected chi connectivity index (χ0v) is 15.6. The van der Waals surface area contributed by atoms with E-state index >= 15 is 0 Å². The summed E-state index contributed by atoms with van der Waals surface area (Å²) in [5.41, 5.74) is 1.11. The van der Waals surface area contributed by atoms with Gasteiger partial charge in [-0.15, -0.1) is 0 Å². The summed E-state index contributed by atoms with van der Waals surface area (Å²) in [7, 11) is 1.59. The second-order valence-corrected chi connectivity index (χ2v) is 6.18. The molecule has 1 aromatic carbocycles. The van der Waals surface area contributed by atoms with E-state index in [1.54, 1.807) is 7.11 Å². The first-order valence-corrected chi connectivity index (χ1v) is 9.18. The molecule has 1 atom stereocenters. The number of hydrogen-bond acceptors (Lipinski definition) is 4. The molecule has 26 heavy (non-hydrogen) atoms. The van der Waals surface area contributed by atoms with E-state index in [0.29, 0.717) is 26.3 Å². The van der Waals surface area contributed by atoms with Crippen LogP contribution in [-0.2, 0) is 9.53 Å². The van der Waals surface area contributed by atoms with Gasteiger partial charge in [0.2, 0.25) is 5.91 Å². The van der Waals surface area contributed by atoms with E-state index in [2.05, 4.69) is 10.6 Å². The maximum Gasteiger partial charge on any atom is 0.317 e. The van der Waals surface area contributed by atoms with Crippen molar-refractivity contribution in [1.82, 2.24) is 15.5 Å². The molecule has 2 N–H and O–H groups in total. The molecule has 1 aliphatic rings. The van der Waals surface area contributed by atoms with Crippen LogP contribution in [0.25, 0.3) is 0 Å². The number of amides is 3. The lowest BCUT2D eigenvalue weighted by Gasteiger charge is -2.25. The SMILES string of the molecule is CCOc1ccc(C2CCCN2C(=O)NCCC(=O)NCCOC)cc1. The van der Waals surface area contributed by atoms with Crippen LogP contribution in [0.4, 0.5) is 4.79 Å². The summed E-state index contributed by atoms with van der Waals surface area (Å²) in [6.45, 7) is 4.60. The highest BCUT2D eigenvalue weighted by Gasteiger charge is 2.29. The number of hydrogen-bond donors (Lipinski definition) is 2. The Morgan fingerprint density at radius 1 is 1.19 bits per heavy atom. The third kappa shape index (κ3) is 5.91. The molecular weight excluding hydrogens is 334 g/mol. The van der Waals surface area contributed by atoms with Crippen molar-refractivity contribution in [2.24, 2.45) is 0 Å². The molecule has 3 amide bonds. The molecule has 7 nitrogen and oxygen atoms in total. The Morgan fingerprint density at radius 2 is 1.96 bits per heavy atom. The molecule has 1 fully saturated rings. The summed E-state index contributed by atoms with van der Waals surface area (Å²) in [6, 6.07) is 7.87. The number of carbonyl (C=O) groups excluding carboxylic acids is 2. The van der Waals surface area contributed by atoms with Gasteiger partial charge >= 0.3 is 6.03 Å². The molecule has 7 heteroatoms. The van der Waals surface area contributed by atoms with Gasteiger partial charge in [0.25, 0.3) is 0 Å². The van der Waals surface area contributed by atoms with Crippen molar-refractivity contribution in [3.05, 3.63) is 29.8 Å². The topological polar surface area (TPSA) is 79.9 Å². The fourth-order valence-electron chi connectivity index (χ4n) is 3.07. The summed E-state index contributed by atoms with van der Waals surface area (Å²) in [4.78, 5) is 26.0. The van der Waals surface area contributed by atoms with E-state index in [9.17, 15) is 9.59 Å². The van der Waals surface area contributed by atoms with Gasteiger partial charge < -0.3 is 25.0 Å². The van der Waals surface area contributed by atoms with Crippen LogP contribution in [0.5, 0.6) is 5.75 Å². The minimum atomic E-state index is -0.119. The smallest absolute Gasteiger partial charge is 0.317 e. The standard InChI is InChI=1S/C19H29N3O4/c1-3-26-16-8-6-15(7-9-16)17-5-4-13-22(17)19(24)21-11-10-18(23)20-12-14-25-2/h6-9,17H,3-5,10-14H2,1-2H3,(H,20,23)(H,21,24). The first-order valence-electron chi connectivity index (χ1n) is 9.18. The van der Waals surface area contributed by atoms with Gasteiger partial charge in [0.05, 0.1) is 19.3 Å². The summed E-state index contributed by atoms with van der Waals surface area (Å²) in [5.74, 6) is 0.747. The molecule has 2 rings (SSSR count). The number of carbonyl (C=O) groups is 2. The number of rotatable bonds is 9. The molecule has 0 radical (unpaired) electrons. The average molecular weight is 363 g/mol. The van der Waals surface area contributed by atoms with Crippen LogP contribution in [0, 0.1) is 0 Å². The molecule has 0 aliphatic carbocycles. The van der Waals surface area contributed by atoms with Gasteiger partial charge in [0.15, 0.2) is 0 Å². The van der Waals surface area contributed by atoms with Gasteiger partial charge in [0, 0.05) is 33.2 Å². The quantitative estimate of drug-likeness (QED) is 0.659. The Labute approximate surface area is 155 Å². The number of ether oxygens (including phenoxy) is 2. The second-order valence-electron chi connectivity index (χ2n) is 6.18. The van der Waals surface area contributed by atoms with Gasteiger partial charge in [0.1, 0.15) is 5.75 Å². The van der Waals surface area contributed by atoms with Crippen LogP contribution in [0.15, 0.2) is 24.3 Å². The van der Waals surface area contributed by atoms with Crippen LogP contribution < -0.4 is 15.4 Å². The largest absolute Gasteiger partial charge is 0.494 e. The lowest BCUT2D eigenvalue weighted by Crippen LogP contribution is -2.41. The number of likely N-dealkylation sites (tertiary alicyclic amines) is 1. The fraction of sp³-hybridized carbons (Fsp3) is 0.579. The minimum absolute atomic E-state index is 0.0706. The molecule has 144 valence electrons. The maximum absolute atomic E-state index is 12.5. The predicted octanol–water partition coefficient (Wildman–Crippen LogP) is 2.08. The van der Waals surface area contributed by atoms with Crippen LogP contribution in [0.3, 0.4) is 0 Å². The van der Waals surface area contributed by atoms with E-state index in [1.165, 1.54) is 0 Å². The van der Waals surface area contributed by atoms with Crippen LogP contribution >= 0.6 is 0 Å². The molecule has 1 aliphatic heterocycles. The molecule has 0 spiro atoms. The first-order chi connectivity index (χ1) is 12.7. The van der Waals surface area contributed by atoms with Crippen molar-refractivity contribution in [3.8, 4) is 5.75 Å². The molecule has 1 heterocycles. The number of urea groups is 1. The Balaban J connectivity index is 1.81. The van der Waals surface area contributed by atoms with E-state index in [1.807, 2.05) is 36.1 Å². The average Bonchev–Trinajstić information content (AvgIpc) is 3.13. The van der Waals surface area contributed by atoms with E-state index in [-0.39, 0.29) is 24.4 Å². The normalized spacial score (nSPS) is 16.4. The third-order valence-corrected chi connectivity index (χ3v) is 4.35. The lowest BCUT2D eigenvalue weighted by molar-refractivity contribution is -0.121. The number of nitrogens with zero attached hydrogens (tertiary/aromatic N) is 1. The number of benzene rings is 1. The molecule has 0 saturated carbocycles. The highest BCUT2D eigenvalue weighted by molar-refractivity contribution is 5.78. The fourth-order valence-corrected chi connectivity index (χ4v) is 3.07. The van der Waals surface area contributed by atoms with Crippen molar-refractivity contribution >= 4 is 11.9 Å². The van der Waals surface area contributed by atoms with Gasteiger partial charge in [-0.05, 0) is 37.5 Å². The monoisotopic (exact) mass is 363 g/mol. The molecule has 0 aromatic heterocycles. The van der Waals surface area contributed by atoms with Crippen molar-refractivity contribution in [2.45, 2.75) is 32.2 Å². The van der Waals surface area contributed by atoms with Crippen molar-refractivity contribution < 1.29 is 19.1 Å². The Hall–Kier alpha value is -2.28. The molecule has 1 aromatic rings. The van der Waals surface area contributed by atoms with Crippen molar-refractivity contribution in [2.75, 3.05) is 40.0 Å². The predicted molar refractivity (Wildman–Crippen MR) is 99.2 cm³/mol. The Kier molecular flexibility index (Phi) is 8.21. The minimum Gasteiger partial charge on any atom is -0.494 e. The summed E-state index contributed by atoms with van der Waals surface area (Å²) in [6.07, 6.45) is 2.18. The Morgan fingerprint density at radius 3 is 2.65 bits per heavy atom. The van der Waals surface area contributed by atoms with Gasteiger partial charge in [-0.2, -0.15) is 0 Å². The number of methoxy groups -OCH3 is 1. The van der Waals surface area contributed by atoms with E-state index < -0.39 is 0 Å². The summed E-state index contributed by atoms with van der Waals surface area (Å²) in [5, 5.41) is 5.58. The maximum atomic E-state index is 12.5. The molecule has 1 unspecified atom stereocenters. The van der Waals surface area contributed by atoms with E-state index in [0.717, 1.165) is 30.7 Å². The summed E-state index contributed by atoms with van der Waals surface area (Å²) < 4.78 is 10.3. The molecule has 1 saturated heterocycles. The van der Waals surface area contributed by atoms with Crippen LogP contribution in [-0.4, -0.2) is 56.8 Å². The zero-order chi connectivity index (χ0) is 18.8. The van der Waals surface area contributed by atoms with Crippen molar-refractivity contribution in [3.63, 3.8) is 0 Å². The number of nitrogens with one attached hydrogen (secondary N) is 2. The highest BCUT2D eigenvalue weighted by atomic mass is 16.5. The lowest BCUT2D eigenvalue weighted by atomic mass is 10.0. The van der Waals surface area contributed by atoms with Crippen molar-refractivity contribution in [1.29, 1.82) is 0 Å². The summed E-state index contributed by atoms with van der Waals surface area (Å²) >= 11 is 0. The van der Waals surface area contributed by atoms with E-state index in [4.69, 9.17) is 9.47 Å². The molecule has 0 bridgehead atoms. The van der Waals surface area contributed by atoms with Crippen LogP contribution in [0.2, 0.25) is 0 Å². The zero-order valence-electron chi connectivity index (χ0n) is 15.6. The second kappa shape index (κ2) is 10.7. The third-order valence-electron chi connectivity index (χ3n) is 4.35. The van der Waals surface area contributed by atoms with Gasteiger partial charge in [-0.25, -0.2) is 4.79 Å². The highest BCUT2D eigenvalue weighted by Crippen LogP contribution is 2.32. The Bertz CT molecular complexity index is 577. The van der Waals surface area contributed by atoms with Gasteiger partial charge in [-0.3, -0.25) is 4.79 Å². The first kappa shape index (κ1) is 20.0. The van der Waals surface area contributed by atoms with Crippen LogP contribution in [0.1, 0.15) is 37.8 Å².